The van der Waals surface area contributed by atoms with Crippen LogP contribution in [-0.2, 0) is 11.8 Å². The summed E-state index contributed by atoms with van der Waals surface area (Å²) in [6, 6.07) is 0. The van der Waals surface area contributed by atoms with Gasteiger partial charge in [0.25, 0.3) is 0 Å². The van der Waals surface area contributed by atoms with Crippen LogP contribution in [0, 0.1) is 12.3 Å². The van der Waals surface area contributed by atoms with Gasteiger partial charge >= 0.3 is 6.09 Å². The van der Waals surface area contributed by atoms with Crippen LogP contribution in [0.4, 0.5) is 10.5 Å². The molecule has 0 radical (unpaired) electrons. The second kappa shape index (κ2) is 4.96. The average Bonchev–Trinajstić information content (AvgIpc) is 2.41. The fourth-order valence-corrected chi connectivity index (χ4v) is 1.41. The maximum Gasteiger partial charge on any atom is 0.411 e. The van der Waals surface area contributed by atoms with Gasteiger partial charge in [-0.1, -0.05) is 32.4 Å². The van der Waals surface area contributed by atoms with E-state index in [1.165, 1.54) is 4.68 Å². The van der Waals surface area contributed by atoms with Crippen LogP contribution in [0.15, 0.2) is 0 Å². The van der Waals surface area contributed by atoms with E-state index in [-0.39, 0.29) is 5.41 Å². The molecule has 1 rings (SSSR count). The standard InChI is InChI=1S/C11H18ClN3O2/c1-7-8(9(12)15(5)14-7)13-10(16)17-6-11(2,3)4/h6H2,1-5H3,(H,13,16). The summed E-state index contributed by atoms with van der Waals surface area (Å²) in [5.41, 5.74) is 1.09. The molecule has 1 heterocycles. The van der Waals surface area contributed by atoms with Crippen molar-refractivity contribution < 1.29 is 9.53 Å². The zero-order valence-corrected chi connectivity index (χ0v) is 11.6. The van der Waals surface area contributed by atoms with Crippen LogP contribution in [-0.4, -0.2) is 22.5 Å². The third-order valence-electron chi connectivity index (χ3n) is 2.02. The predicted octanol–water partition coefficient (Wildman–Crippen LogP) is 2.98. The molecule has 1 amide bonds. The molecule has 96 valence electrons. The minimum Gasteiger partial charge on any atom is -0.449 e. The molecular weight excluding hydrogens is 242 g/mol. The van der Waals surface area contributed by atoms with Gasteiger partial charge in [-0.15, -0.1) is 0 Å². The lowest BCUT2D eigenvalue weighted by Crippen LogP contribution is -2.22. The predicted molar refractivity (Wildman–Crippen MR) is 67.4 cm³/mol. The van der Waals surface area contributed by atoms with Crippen LogP contribution in [0.25, 0.3) is 0 Å². The quantitative estimate of drug-likeness (QED) is 0.888. The minimum absolute atomic E-state index is 0.0644. The number of hydrogen-bond acceptors (Lipinski definition) is 3. The number of ether oxygens (including phenoxy) is 1. The van der Waals surface area contributed by atoms with Crippen molar-refractivity contribution in [3.05, 3.63) is 10.8 Å². The second-order valence-corrected chi connectivity index (χ2v) is 5.49. The Hall–Kier alpha value is -1.23. The van der Waals surface area contributed by atoms with Crippen LogP contribution in [0.5, 0.6) is 0 Å². The van der Waals surface area contributed by atoms with E-state index in [1.54, 1.807) is 14.0 Å². The molecule has 0 atom stereocenters. The number of anilines is 1. The molecule has 1 aromatic heterocycles. The topological polar surface area (TPSA) is 56.2 Å². The molecule has 0 aromatic carbocycles. The monoisotopic (exact) mass is 259 g/mol. The molecule has 0 aliphatic rings. The summed E-state index contributed by atoms with van der Waals surface area (Å²) in [4.78, 5) is 11.5. The first-order valence-corrected chi connectivity index (χ1v) is 5.71. The van der Waals surface area contributed by atoms with Gasteiger partial charge in [0, 0.05) is 7.05 Å². The summed E-state index contributed by atoms with van der Waals surface area (Å²) >= 11 is 5.98. The molecular formula is C11H18ClN3O2. The fraction of sp³-hybridized carbons (Fsp3) is 0.636. The Morgan fingerprint density at radius 3 is 2.53 bits per heavy atom. The van der Waals surface area contributed by atoms with E-state index in [2.05, 4.69) is 10.4 Å². The SMILES string of the molecule is Cc1nn(C)c(Cl)c1NC(=O)OCC(C)(C)C. The van der Waals surface area contributed by atoms with Gasteiger partial charge < -0.3 is 4.74 Å². The van der Waals surface area contributed by atoms with E-state index in [4.69, 9.17) is 16.3 Å². The molecule has 0 aliphatic carbocycles. The molecule has 17 heavy (non-hydrogen) atoms. The van der Waals surface area contributed by atoms with E-state index in [0.29, 0.717) is 23.1 Å². The van der Waals surface area contributed by atoms with Crippen molar-refractivity contribution in [2.75, 3.05) is 11.9 Å². The first-order valence-electron chi connectivity index (χ1n) is 5.33. The average molecular weight is 260 g/mol. The van der Waals surface area contributed by atoms with Gasteiger partial charge in [-0.2, -0.15) is 5.10 Å². The van der Waals surface area contributed by atoms with Crippen LogP contribution >= 0.6 is 11.6 Å². The molecule has 0 aliphatic heterocycles. The number of nitrogens with zero attached hydrogens (tertiary/aromatic N) is 2. The number of rotatable bonds is 2. The summed E-state index contributed by atoms with van der Waals surface area (Å²) in [5, 5.41) is 7.07. The molecule has 0 unspecified atom stereocenters. The third kappa shape index (κ3) is 3.93. The zero-order valence-electron chi connectivity index (χ0n) is 10.8. The van der Waals surface area contributed by atoms with Gasteiger partial charge in [0.15, 0.2) is 5.15 Å². The molecule has 0 spiro atoms. The Morgan fingerprint density at radius 2 is 2.12 bits per heavy atom. The van der Waals surface area contributed by atoms with Crippen LogP contribution in [0.3, 0.4) is 0 Å². The summed E-state index contributed by atoms with van der Waals surface area (Å²) in [5.74, 6) is 0. The van der Waals surface area contributed by atoms with Crippen LogP contribution in [0.2, 0.25) is 5.15 Å². The Balaban J connectivity index is 2.63. The van der Waals surface area contributed by atoms with Gasteiger partial charge in [0.1, 0.15) is 5.69 Å². The lowest BCUT2D eigenvalue weighted by Gasteiger charge is -2.17. The second-order valence-electron chi connectivity index (χ2n) is 5.14. The molecule has 0 saturated carbocycles. The van der Waals surface area contributed by atoms with Crippen molar-refractivity contribution in [1.82, 2.24) is 9.78 Å². The highest BCUT2D eigenvalue weighted by Crippen LogP contribution is 2.24. The number of hydrogen-bond donors (Lipinski definition) is 1. The number of carbonyl (C=O) groups is 1. The summed E-state index contributed by atoms with van der Waals surface area (Å²) in [6.45, 7) is 8.08. The van der Waals surface area contributed by atoms with E-state index in [9.17, 15) is 4.79 Å². The summed E-state index contributed by atoms with van der Waals surface area (Å²) in [7, 11) is 1.71. The smallest absolute Gasteiger partial charge is 0.411 e. The van der Waals surface area contributed by atoms with E-state index in [0.717, 1.165) is 0 Å². The Kier molecular flexibility index (Phi) is 4.03. The minimum atomic E-state index is -0.516. The number of carbonyl (C=O) groups excluding carboxylic acids is 1. The number of aromatic nitrogens is 2. The molecule has 0 fully saturated rings. The number of halogens is 1. The Labute approximate surface area is 106 Å². The number of nitrogens with one attached hydrogen (secondary N) is 1. The molecule has 5 nitrogen and oxygen atoms in total. The van der Waals surface area contributed by atoms with Crippen molar-refractivity contribution in [3.63, 3.8) is 0 Å². The maximum absolute atomic E-state index is 11.5. The van der Waals surface area contributed by atoms with Gasteiger partial charge in [-0.25, -0.2) is 4.79 Å². The largest absolute Gasteiger partial charge is 0.449 e. The number of amides is 1. The lowest BCUT2D eigenvalue weighted by molar-refractivity contribution is 0.118. The van der Waals surface area contributed by atoms with Gasteiger partial charge in [0.05, 0.1) is 12.3 Å². The third-order valence-corrected chi connectivity index (χ3v) is 2.45. The first-order chi connectivity index (χ1) is 7.70. The van der Waals surface area contributed by atoms with E-state index in [1.807, 2.05) is 20.8 Å². The first kappa shape index (κ1) is 13.8. The van der Waals surface area contributed by atoms with E-state index >= 15 is 0 Å². The molecule has 0 saturated heterocycles. The molecule has 6 heteroatoms. The highest BCUT2D eigenvalue weighted by atomic mass is 35.5. The zero-order chi connectivity index (χ0) is 13.2. The molecule has 0 bridgehead atoms. The summed E-state index contributed by atoms with van der Waals surface area (Å²) in [6.07, 6.45) is -0.516. The van der Waals surface area contributed by atoms with Crippen LogP contribution < -0.4 is 5.32 Å². The van der Waals surface area contributed by atoms with Crippen LogP contribution in [0.1, 0.15) is 26.5 Å². The Bertz CT molecular complexity index is 421. The highest BCUT2D eigenvalue weighted by Gasteiger charge is 2.17. The molecule has 1 aromatic rings. The van der Waals surface area contributed by atoms with E-state index < -0.39 is 6.09 Å². The van der Waals surface area contributed by atoms with Crippen molar-refractivity contribution in [3.8, 4) is 0 Å². The Morgan fingerprint density at radius 1 is 1.53 bits per heavy atom. The van der Waals surface area contributed by atoms with Crippen molar-refractivity contribution in [1.29, 1.82) is 0 Å². The summed E-state index contributed by atoms with van der Waals surface area (Å²) < 4.78 is 6.58. The highest BCUT2D eigenvalue weighted by molar-refractivity contribution is 6.32. The lowest BCUT2D eigenvalue weighted by atomic mass is 9.99. The van der Waals surface area contributed by atoms with Crippen molar-refractivity contribution in [2.24, 2.45) is 12.5 Å². The number of aryl methyl sites for hydroxylation is 2. The maximum atomic E-state index is 11.5. The van der Waals surface area contributed by atoms with Crippen molar-refractivity contribution >= 4 is 23.4 Å². The van der Waals surface area contributed by atoms with Crippen molar-refractivity contribution in [2.45, 2.75) is 27.7 Å². The van der Waals surface area contributed by atoms with Gasteiger partial charge in [0.2, 0.25) is 0 Å². The fourth-order valence-electron chi connectivity index (χ4n) is 1.19. The normalized spacial score (nSPS) is 11.4. The molecule has 1 N–H and O–H groups in total. The van der Waals surface area contributed by atoms with Gasteiger partial charge in [-0.05, 0) is 12.3 Å². The van der Waals surface area contributed by atoms with Gasteiger partial charge in [-0.3, -0.25) is 10.00 Å².